The maximum absolute atomic E-state index is 10.6. The molecule has 0 atom stereocenters. The highest BCUT2D eigenvalue weighted by Crippen LogP contribution is 2.33. The van der Waals surface area contributed by atoms with Gasteiger partial charge in [0.25, 0.3) is 5.69 Å². The molecule has 2 rings (SSSR count). The summed E-state index contributed by atoms with van der Waals surface area (Å²) in [6.45, 7) is 1.99. The van der Waals surface area contributed by atoms with Gasteiger partial charge in [0.15, 0.2) is 0 Å². The van der Waals surface area contributed by atoms with Crippen molar-refractivity contribution in [1.29, 1.82) is 0 Å². The van der Waals surface area contributed by atoms with Crippen LogP contribution in [0.25, 0.3) is 0 Å². The molecule has 1 saturated heterocycles. The maximum atomic E-state index is 10.6. The Balaban J connectivity index is 2.34. The Labute approximate surface area is 93.8 Å². The van der Waals surface area contributed by atoms with Crippen molar-refractivity contribution in [3.8, 4) is 5.75 Å². The fraction of sp³-hybridized carbons (Fsp3) is 0.455. The molecule has 0 bridgehead atoms. The minimum absolute atomic E-state index is 0.0693. The molecule has 0 aromatic heterocycles. The lowest BCUT2D eigenvalue weighted by Gasteiger charge is -2.20. The van der Waals surface area contributed by atoms with Crippen LogP contribution in [0.5, 0.6) is 5.75 Å². The first kappa shape index (κ1) is 10.7. The Hall–Kier alpha value is -1.78. The van der Waals surface area contributed by atoms with Crippen LogP contribution in [-0.2, 0) is 0 Å². The Morgan fingerprint density at radius 2 is 2.06 bits per heavy atom. The minimum atomic E-state index is -0.406. The number of non-ortho nitro benzene ring substituents is 1. The molecule has 0 radical (unpaired) electrons. The van der Waals surface area contributed by atoms with Gasteiger partial charge >= 0.3 is 0 Å². The molecule has 16 heavy (non-hydrogen) atoms. The van der Waals surface area contributed by atoms with Crippen LogP contribution in [0.4, 0.5) is 11.4 Å². The number of rotatable bonds is 3. The highest BCUT2D eigenvalue weighted by atomic mass is 16.6. The molecule has 5 heteroatoms. The molecule has 1 fully saturated rings. The number of anilines is 1. The molecule has 0 aliphatic carbocycles. The number of nitrogens with zero attached hydrogens (tertiary/aromatic N) is 2. The zero-order chi connectivity index (χ0) is 11.5. The van der Waals surface area contributed by atoms with Crippen LogP contribution in [0.2, 0.25) is 0 Å². The first-order chi connectivity index (χ1) is 7.72. The van der Waals surface area contributed by atoms with Crippen molar-refractivity contribution in [2.24, 2.45) is 0 Å². The Bertz CT molecular complexity index is 400. The SMILES string of the molecule is COc1cc([N+](=O)[O-])ccc1N1CCCC1. The number of nitro benzene ring substituents is 1. The van der Waals surface area contributed by atoms with Gasteiger partial charge in [0, 0.05) is 19.2 Å². The summed E-state index contributed by atoms with van der Waals surface area (Å²) in [4.78, 5) is 12.4. The summed E-state index contributed by atoms with van der Waals surface area (Å²) in [6.07, 6.45) is 2.33. The maximum Gasteiger partial charge on any atom is 0.273 e. The second-order valence-electron chi connectivity index (χ2n) is 3.81. The monoisotopic (exact) mass is 222 g/mol. The summed E-state index contributed by atoms with van der Waals surface area (Å²) in [5, 5.41) is 10.6. The van der Waals surface area contributed by atoms with Crippen LogP contribution in [-0.4, -0.2) is 25.1 Å². The van der Waals surface area contributed by atoms with Gasteiger partial charge in [-0.15, -0.1) is 0 Å². The van der Waals surface area contributed by atoms with E-state index in [1.54, 1.807) is 13.2 Å². The fourth-order valence-electron chi connectivity index (χ4n) is 2.00. The van der Waals surface area contributed by atoms with Crippen molar-refractivity contribution in [2.75, 3.05) is 25.1 Å². The quantitative estimate of drug-likeness (QED) is 0.581. The molecule has 1 aromatic rings. The van der Waals surface area contributed by atoms with E-state index in [1.807, 2.05) is 0 Å². The number of ether oxygens (including phenoxy) is 1. The summed E-state index contributed by atoms with van der Waals surface area (Å²) >= 11 is 0. The molecule has 0 unspecified atom stereocenters. The van der Waals surface area contributed by atoms with E-state index < -0.39 is 4.92 Å². The molecule has 0 saturated carbocycles. The first-order valence-corrected chi connectivity index (χ1v) is 5.30. The third kappa shape index (κ3) is 1.93. The van der Waals surface area contributed by atoms with E-state index in [0.717, 1.165) is 18.8 Å². The summed E-state index contributed by atoms with van der Waals surface area (Å²) in [6, 6.07) is 4.77. The van der Waals surface area contributed by atoms with E-state index in [1.165, 1.54) is 25.0 Å². The van der Waals surface area contributed by atoms with E-state index in [-0.39, 0.29) is 5.69 Å². The lowest BCUT2D eigenvalue weighted by molar-refractivity contribution is -0.384. The number of hydrogen-bond donors (Lipinski definition) is 0. The molecule has 0 amide bonds. The van der Waals surface area contributed by atoms with E-state index in [2.05, 4.69) is 4.90 Å². The van der Waals surface area contributed by atoms with Crippen molar-refractivity contribution in [2.45, 2.75) is 12.8 Å². The lowest BCUT2D eigenvalue weighted by Crippen LogP contribution is -2.18. The average molecular weight is 222 g/mol. The van der Waals surface area contributed by atoms with Crippen molar-refractivity contribution >= 4 is 11.4 Å². The summed E-state index contributed by atoms with van der Waals surface area (Å²) in [5.74, 6) is 0.580. The Kier molecular flexibility index (Phi) is 2.94. The summed E-state index contributed by atoms with van der Waals surface area (Å²) in [5.41, 5.74) is 1.02. The van der Waals surface area contributed by atoms with Gasteiger partial charge in [-0.1, -0.05) is 0 Å². The first-order valence-electron chi connectivity index (χ1n) is 5.30. The normalized spacial score (nSPS) is 15.2. The van der Waals surface area contributed by atoms with Gasteiger partial charge in [0.1, 0.15) is 5.75 Å². The standard InChI is InChI=1S/C11H14N2O3/c1-16-11-8-9(13(14)15)4-5-10(11)12-6-2-3-7-12/h4-5,8H,2-3,6-7H2,1H3. The van der Waals surface area contributed by atoms with Crippen LogP contribution in [0.15, 0.2) is 18.2 Å². The topological polar surface area (TPSA) is 55.6 Å². The van der Waals surface area contributed by atoms with Gasteiger partial charge in [0.05, 0.1) is 23.8 Å². The second kappa shape index (κ2) is 4.38. The van der Waals surface area contributed by atoms with E-state index in [4.69, 9.17) is 4.74 Å². The lowest BCUT2D eigenvalue weighted by atomic mass is 10.2. The summed E-state index contributed by atoms with van der Waals surface area (Å²) < 4.78 is 5.20. The largest absolute Gasteiger partial charge is 0.494 e. The number of nitro groups is 1. The highest BCUT2D eigenvalue weighted by Gasteiger charge is 2.18. The smallest absolute Gasteiger partial charge is 0.273 e. The second-order valence-corrected chi connectivity index (χ2v) is 3.81. The summed E-state index contributed by atoms with van der Waals surface area (Å²) in [7, 11) is 1.54. The fourth-order valence-corrected chi connectivity index (χ4v) is 2.00. The van der Waals surface area contributed by atoms with Crippen molar-refractivity contribution in [1.82, 2.24) is 0 Å². The molecule has 5 nitrogen and oxygen atoms in total. The number of benzene rings is 1. The van der Waals surface area contributed by atoms with E-state index in [0.29, 0.717) is 5.75 Å². The van der Waals surface area contributed by atoms with Crippen molar-refractivity contribution in [3.05, 3.63) is 28.3 Å². The average Bonchev–Trinajstić information content (AvgIpc) is 2.81. The molecular weight excluding hydrogens is 208 g/mol. The van der Waals surface area contributed by atoms with E-state index >= 15 is 0 Å². The molecule has 86 valence electrons. The minimum Gasteiger partial charge on any atom is -0.494 e. The Morgan fingerprint density at radius 1 is 1.38 bits per heavy atom. The predicted octanol–water partition coefficient (Wildman–Crippen LogP) is 2.20. The van der Waals surface area contributed by atoms with Gasteiger partial charge in [-0.05, 0) is 18.9 Å². The van der Waals surface area contributed by atoms with Gasteiger partial charge in [-0.25, -0.2) is 0 Å². The third-order valence-electron chi connectivity index (χ3n) is 2.82. The van der Waals surface area contributed by atoms with Crippen LogP contribution in [0, 0.1) is 10.1 Å². The molecule has 1 aliphatic rings. The molecule has 0 spiro atoms. The van der Waals surface area contributed by atoms with E-state index in [9.17, 15) is 10.1 Å². The van der Waals surface area contributed by atoms with Crippen LogP contribution >= 0.6 is 0 Å². The zero-order valence-corrected chi connectivity index (χ0v) is 9.18. The van der Waals surface area contributed by atoms with Crippen LogP contribution < -0.4 is 9.64 Å². The van der Waals surface area contributed by atoms with Gasteiger partial charge < -0.3 is 9.64 Å². The Morgan fingerprint density at radius 3 is 2.62 bits per heavy atom. The molecular formula is C11H14N2O3. The third-order valence-corrected chi connectivity index (χ3v) is 2.82. The van der Waals surface area contributed by atoms with Crippen LogP contribution in [0.3, 0.4) is 0 Å². The van der Waals surface area contributed by atoms with Crippen molar-refractivity contribution in [3.63, 3.8) is 0 Å². The van der Waals surface area contributed by atoms with Gasteiger partial charge in [-0.3, -0.25) is 10.1 Å². The molecule has 0 N–H and O–H groups in total. The molecule has 1 heterocycles. The predicted molar refractivity (Wildman–Crippen MR) is 61.1 cm³/mol. The highest BCUT2D eigenvalue weighted by molar-refractivity contribution is 5.62. The van der Waals surface area contributed by atoms with Crippen molar-refractivity contribution < 1.29 is 9.66 Å². The number of hydrogen-bond acceptors (Lipinski definition) is 4. The van der Waals surface area contributed by atoms with Crippen LogP contribution in [0.1, 0.15) is 12.8 Å². The van der Waals surface area contributed by atoms with Gasteiger partial charge in [0.2, 0.25) is 0 Å². The molecule has 1 aromatic carbocycles. The molecule has 1 aliphatic heterocycles. The zero-order valence-electron chi connectivity index (χ0n) is 9.18. The number of methoxy groups -OCH3 is 1. The van der Waals surface area contributed by atoms with Gasteiger partial charge in [-0.2, -0.15) is 0 Å².